The lowest BCUT2D eigenvalue weighted by atomic mass is 10.1. The molecule has 3 rings (SSSR count). The minimum Gasteiger partial charge on any atom is -0.452 e. The Morgan fingerprint density at radius 2 is 2.08 bits per heavy atom. The monoisotopic (exact) mass is 415 g/mol. The van der Waals surface area contributed by atoms with Crippen LogP contribution >= 0.6 is 15.9 Å². The van der Waals surface area contributed by atoms with E-state index in [0.29, 0.717) is 11.3 Å². The Balaban J connectivity index is 1.65. The minimum atomic E-state index is -0.619. The molecule has 2 aromatic heterocycles. The van der Waals surface area contributed by atoms with Crippen LogP contribution in [0.4, 0.5) is 5.82 Å². The summed E-state index contributed by atoms with van der Waals surface area (Å²) in [5, 5.41) is 5.98. The van der Waals surface area contributed by atoms with E-state index in [2.05, 4.69) is 35.9 Å². The number of carbonyl (C=O) groups excluding carboxylic acids is 2. The summed E-state index contributed by atoms with van der Waals surface area (Å²) < 4.78 is 10.6. The lowest BCUT2D eigenvalue weighted by Gasteiger charge is -2.08. The molecule has 0 atom stereocenters. The summed E-state index contributed by atoms with van der Waals surface area (Å²) in [6.07, 6.45) is 1.32. The Hall–Kier alpha value is -3.00. The van der Waals surface area contributed by atoms with E-state index in [1.165, 1.54) is 12.3 Å². The molecule has 7 nitrogen and oxygen atoms in total. The van der Waals surface area contributed by atoms with E-state index in [0.717, 1.165) is 15.7 Å². The maximum atomic E-state index is 12.2. The van der Waals surface area contributed by atoms with E-state index in [1.807, 2.05) is 24.3 Å². The zero-order chi connectivity index (χ0) is 18.5. The maximum Gasteiger partial charge on any atom is 0.340 e. The SMILES string of the molecule is Cc1nc(-c2cccc(Br)c2)ccc1C(=O)OCC(=O)Nc1ccon1. The van der Waals surface area contributed by atoms with Crippen LogP contribution in [0, 0.1) is 6.92 Å². The minimum absolute atomic E-state index is 0.252. The van der Waals surface area contributed by atoms with Gasteiger partial charge in [0.1, 0.15) is 6.26 Å². The average molecular weight is 416 g/mol. The Bertz CT molecular complexity index is 941. The van der Waals surface area contributed by atoms with Crippen molar-refractivity contribution in [1.29, 1.82) is 0 Å². The fourth-order valence-corrected chi connectivity index (χ4v) is 2.65. The molecule has 0 bridgehead atoms. The van der Waals surface area contributed by atoms with Crippen LogP contribution in [0.25, 0.3) is 11.3 Å². The molecule has 0 aliphatic rings. The van der Waals surface area contributed by atoms with Crippen LogP contribution in [0.1, 0.15) is 16.1 Å². The summed E-state index contributed by atoms with van der Waals surface area (Å²) in [6.45, 7) is 1.28. The van der Waals surface area contributed by atoms with Crippen molar-refractivity contribution in [2.24, 2.45) is 0 Å². The summed E-state index contributed by atoms with van der Waals surface area (Å²) >= 11 is 3.42. The second kappa shape index (κ2) is 7.92. The number of aromatic nitrogens is 2. The van der Waals surface area contributed by atoms with Crippen molar-refractivity contribution >= 4 is 33.6 Å². The zero-order valence-corrected chi connectivity index (χ0v) is 15.3. The fourth-order valence-electron chi connectivity index (χ4n) is 2.25. The third-order valence-electron chi connectivity index (χ3n) is 3.47. The molecule has 2 heterocycles. The first-order chi connectivity index (χ1) is 12.5. The summed E-state index contributed by atoms with van der Waals surface area (Å²) in [7, 11) is 0. The molecule has 0 unspecified atom stereocenters. The first kappa shape index (κ1) is 17.8. The highest BCUT2D eigenvalue weighted by Crippen LogP contribution is 2.22. The Morgan fingerprint density at radius 1 is 1.23 bits per heavy atom. The van der Waals surface area contributed by atoms with E-state index in [9.17, 15) is 9.59 Å². The van der Waals surface area contributed by atoms with Gasteiger partial charge in [-0.15, -0.1) is 0 Å². The van der Waals surface area contributed by atoms with Gasteiger partial charge in [0.15, 0.2) is 12.4 Å². The summed E-state index contributed by atoms with van der Waals surface area (Å²) in [5.41, 5.74) is 2.49. The molecule has 3 aromatic rings. The van der Waals surface area contributed by atoms with E-state index >= 15 is 0 Å². The van der Waals surface area contributed by atoms with Gasteiger partial charge in [-0.05, 0) is 31.2 Å². The van der Waals surface area contributed by atoms with Gasteiger partial charge in [0.2, 0.25) is 0 Å². The van der Waals surface area contributed by atoms with Gasteiger partial charge in [-0.3, -0.25) is 9.78 Å². The third kappa shape index (κ3) is 4.34. The van der Waals surface area contributed by atoms with Gasteiger partial charge < -0.3 is 14.6 Å². The average Bonchev–Trinajstić information content (AvgIpc) is 3.12. The van der Waals surface area contributed by atoms with Crippen LogP contribution in [-0.4, -0.2) is 28.6 Å². The number of hydrogen-bond donors (Lipinski definition) is 1. The van der Waals surface area contributed by atoms with Gasteiger partial charge in [0.25, 0.3) is 5.91 Å². The van der Waals surface area contributed by atoms with Crippen LogP contribution < -0.4 is 5.32 Å². The molecule has 1 amide bonds. The van der Waals surface area contributed by atoms with Crippen molar-refractivity contribution in [3.63, 3.8) is 0 Å². The van der Waals surface area contributed by atoms with Gasteiger partial charge in [0, 0.05) is 16.1 Å². The number of halogens is 1. The number of ether oxygens (including phenoxy) is 1. The van der Waals surface area contributed by atoms with E-state index in [1.54, 1.807) is 19.1 Å². The number of carbonyl (C=O) groups is 2. The van der Waals surface area contributed by atoms with Crippen LogP contribution in [0.15, 0.2) is 57.7 Å². The molecule has 0 spiro atoms. The molecule has 8 heteroatoms. The number of hydrogen-bond acceptors (Lipinski definition) is 6. The Morgan fingerprint density at radius 3 is 2.77 bits per heavy atom. The highest BCUT2D eigenvalue weighted by Gasteiger charge is 2.15. The number of aryl methyl sites for hydroxylation is 1. The van der Waals surface area contributed by atoms with Crippen molar-refractivity contribution in [1.82, 2.24) is 10.1 Å². The van der Waals surface area contributed by atoms with E-state index in [-0.39, 0.29) is 5.82 Å². The highest BCUT2D eigenvalue weighted by atomic mass is 79.9. The summed E-state index contributed by atoms with van der Waals surface area (Å²) in [5.74, 6) is -0.878. The van der Waals surface area contributed by atoms with Gasteiger partial charge in [-0.1, -0.05) is 33.2 Å². The first-order valence-electron chi connectivity index (χ1n) is 7.64. The summed E-state index contributed by atoms with van der Waals surface area (Å²) in [4.78, 5) is 28.4. The number of nitrogens with one attached hydrogen (secondary N) is 1. The first-order valence-corrected chi connectivity index (χ1v) is 8.43. The number of esters is 1. The molecule has 0 fully saturated rings. The lowest BCUT2D eigenvalue weighted by Crippen LogP contribution is -2.21. The molecule has 132 valence electrons. The number of rotatable bonds is 5. The van der Waals surface area contributed by atoms with E-state index < -0.39 is 18.5 Å². The predicted molar refractivity (Wildman–Crippen MR) is 97.5 cm³/mol. The molecule has 26 heavy (non-hydrogen) atoms. The smallest absolute Gasteiger partial charge is 0.340 e. The molecule has 1 N–H and O–H groups in total. The predicted octanol–water partition coefficient (Wildman–Crippen LogP) is 3.60. The fraction of sp³-hybridized carbons (Fsp3) is 0.111. The second-order valence-electron chi connectivity index (χ2n) is 5.35. The number of nitrogens with zero attached hydrogens (tertiary/aromatic N) is 2. The molecule has 0 aliphatic heterocycles. The molecule has 1 aromatic carbocycles. The number of anilines is 1. The van der Waals surface area contributed by atoms with Gasteiger partial charge in [-0.2, -0.15) is 0 Å². The van der Waals surface area contributed by atoms with Crippen molar-refractivity contribution in [2.75, 3.05) is 11.9 Å². The lowest BCUT2D eigenvalue weighted by molar-refractivity contribution is -0.119. The van der Waals surface area contributed by atoms with Crippen molar-refractivity contribution < 1.29 is 18.8 Å². The molecular weight excluding hydrogens is 402 g/mol. The number of amides is 1. The van der Waals surface area contributed by atoms with Crippen molar-refractivity contribution in [2.45, 2.75) is 6.92 Å². The second-order valence-corrected chi connectivity index (χ2v) is 6.26. The summed E-state index contributed by atoms with van der Waals surface area (Å²) in [6, 6.07) is 12.6. The van der Waals surface area contributed by atoms with Crippen LogP contribution in [0.2, 0.25) is 0 Å². The van der Waals surface area contributed by atoms with Gasteiger partial charge in [-0.25, -0.2) is 4.79 Å². The van der Waals surface area contributed by atoms with Crippen LogP contribution in [0.3, 0.4) is 0 Å². The Labute approximate surface area is 157 Å². The van der Waals surface area contributed by atoms with Gasteiger partial charge in [0.05, 0.1) is 17.0 Å². The third-order valence-corrected chi connectivity index (χ3v) is 3.96. The number of pyridine rings is 1. The maximum absolute atomic E-state index is 12.2. The zero-order valence-electron chi connectivity index (χ0n) is 13.7. The quantitative estimate of drug-likeness (QED) is 0.639. The van der Waals surface area contributed by atoms with Crippen LogP contribution in [0.5, 0.6) is 0 Å². The Kier molecular flexibility index (Phi) is 5.43. The molecular formula is C18H14BrN3O4. The van der Waals surface area contributed by atoms with Gasteiger partial charge >= 0.3 is 5.97 Å². The standard InChI is InChI=1S/C18H14BrN3O4/c1-11-14(5-6-15(20-11)12-3-2-4-13(19)9-12)18(24)25-10-17(23)21-16-7-8-26-22-16/h2-9H,10H2,1H3,(H,21,22,23). The molecule has 0 saturated carbocycles. The molecule has 0 saturated heterocycles. The van der Waals surface area contributed by atoms with Crippen LogP contribution in [-0.2, 0) is 9.53 Å². The molecule has 0 radical (unpaired) electrons. The largest absolute Gasteiger partial charge is 0.452 e. The highest BCUT2D eigenvalue weighted by molar-refractivity contribution is 9.10. The number of benzene rings is 1. The topological polar surface area (TPSA) is 94.3 Å². The normalized spacial score (nSPS) is 10.4. The molecule has 0 aliphatic carbocycles. The van der Waals surface area contributed by atoms with E-state index in [4.69, 9.17) is 4.74 Å². The van der Waals surface area contributed by atoms with Crippen molar-refractivity contribution in [3.8, 4) is 11.3 Å². The van der Waals surface area contributed by atoms with Crippen molar-refractivity contribution in [3.05, 3.63) is 64.5 Å².